The molecule has 7 heteroatoms. The van der Waals surface area contributed by atoms with Gasteiger partial charge in [0.15, 0.2) is 5.96 Å². The Labute approximate surface area is 177 Å². The van der Waals surface area contributed by atoms with Gasteiger partial charge >= 0.3 is 0 Å². The molecule has 2 aromatic carbocycles. The van der Waals surface area contributed by atoms with Crippen LogP contribution in [0.3, 0.4) is 0 Å². The number of phenolic OH excluding ortho intramolecular Hbond substituents is 1. The van der Waals surface area contributed by atoms with Crippen molar-refractivity contribution < 1.29 is 9.90 Å². The molecule has 0 spiro atoms. The molecule has 0 radical (unpaired) electrons. The van der Waals surface area contributed by atoms with Crippen LogP contribution in [0.5, 0.6) is 5.75 Å². The van der Waals surface area contributed by atoms with Gasteiger partial charge in [-0.3, -0.25) is 9.79 Å². The second-order valence-electron chi connectivity index (χ2n) is 5.84. The average Bonchev–Trinajstić information content (AvgIpc) is 2.66. The molecule has 0 aliphatic carbocycles. The van der Waals surface area contributed by atoms with Crippen LogP contribution in [0.2, 0.25) is 0 Å². The molecule has 0 bridgehead atoms. The van der Waals surface area contributed by atoms with Gasteiger partial charge in [0.05, 0.1) is 12.6 Å². The van der Waals surface area contributed by atoms with Crippen LogP contribution >= 0.6 is 24.0 Å². The van der Waals surface area contributed by atoms with Crippen molar-refractivity contribution in [2.24, 2.45) is 4.99 Å². The lowest BCUT2D eigenvalue weighted by Gasteiger charge is -2.18. The Bertz CT molecular complexity index is 721. The van der Waals surface area contributed by atoms with Gasteiger partial charge < -0.3 is 21.1 Å². The fourth-order valence-electron chi connectivity index (χ4n) is 2.40. The molecule has 1 atom stereocenters. The van der Waals surface area contributed by atoms with Crippen molar-refractivity contribution in [3.8, 4) is 5.75 Å². The molecule has 0 aliphatic rings. The molecule has 0 aromatic heterocycles. The molecule has 0 saturated heterocycles. The number of carbonyl (C=O) groups excluding carboxylic acids is 1. The molecule has 0 saturated carbocycles. The highest BCUT2D eigenvalue weighted by Crippen LogP contribution is 2.11. The van der Waals surface area contributed by atoms with Gasteiger partial charge in [0.1, 0.15) is 5.75 Å². The summed E-state index contributed by atoms with van der Waals surface area (Å²) in [5.41, 5.74) is 1.69. The largest absolute Gasteiger partial charge is 0.508 e. The highest BCUT2D eigenvalue weighted by atomic mass is 127. The third kappa shape index (κ3) is 7.86. The van der Waals surface area contributed by atoms with Crippen molar-refractivity contribution in [2.75, 3.05) is 19.6 Å². The van der Waals surface area contributed by atoms with Gasteiger partial charge in [-0.1, -0.05) is 30.3 Å². The Kier molecular flexibility index (Phi) is 10.2. The van der Waals surface area contributed by atoms with E-state index in [1.807, 2.05) is 25.1 Å². The first-order chi connectivity index (χ1) is 12.6. The van der Waals surface area contributed by atoms with Crippen molar-refractivity contribution in [2.45, 2.75) is 19.9 Å². The molecule has 6 nitrogen and oxygen atoms in total. The molecule has 2 aromatic rings. The number of nitrogens with one attached hydrogen (secondary N) is 3. The number of aliphatic imine (C=N–C) groups is 1. The van der Waals surface area contributed by atoms with E-state index in [2.05, 4.69) is 40.0 Å². The van der Waals surface area contributed by atoms with Gasteiger partial charge in [-0.25, -0.2) is 0 Å². The highest BCUT2D eigenvalue weighted by Gasteiger charge is 2.07. The monoisotopic (exact) mass is 482 g/mol. The van der Waals surface area contributed by atoms with Crippen LogP contribution in [0, 0.1) is 0 Å². The topological polar surface area (TPSA) is 85.8 Å². The third-order valence-electron chi connectivity index (χ3n) is 3.79. The van der Waals surface area contributed by atoms with Crippen LogP contribution in [0.4, 0.5) is 0 Å². The Morgan fingerprint density at radius 3 is 2.37 bits per heavy atom. The van der Waals surface area contributed by atoms with E-state index < -0.39 is 0 Å². The molecule has 0 heterocycles. The predicted molar refractivity (Wildman–Crippen MR) is 120 cm³/mol. The Balaban J connectivity index is 0.00000364. The Morgan fingerprint density at radius 1 is 1.07 bits per heavy atom. The zero-order valence-corrected chi connectivity index (χ0v) is 17.9. The van der Waals surface area contributed by atoms with E-state index >= 15 is 0 Å². The first-order valence-corrected chi connectivity index (χ1v) is 8.77. The smallest absolute Gasteiger partial charge is 0.251 e. The summed E-state index contributed by atoms with van der Waals surface area (Å²) in [6, 6.07) is 16.4. The van der Waals surface area contributed by atoms with Gasteiger partial charge in [-0.05, 0) is 43.7 Å². The van der Waals surface area contributed by atoms with Gasteiger partial charge in [-0.15, -0.1) is 24.0 Å². The Morgan fingerprint density at radius 2 is 1.74 bits per heavy atom. The molecular formula is C20H27IN4O2. The van der Waals surface area contributed by atoms with E-state index in [1.165, 1.54) is 17.7 Å². The van der Waals surface area contributed by atoms with E-state index in [9.17, 15) is 9.90 Å². The Hall–Kier alpha value is -2.29. The van der Waals surface area contributed by atoms with Crippen molar-refractivity contribution in [3.63, 3.8) is 0 Å². The maximum atomic E-state index is 12.0. The maximum absolute atomic E-state index is 12.0. The number of benzene rings is 2. The van der Waals surface area contributed by atoms with Crippen molar-refractivity contribution >= 4 is 35.8 Å². The molecule has 1 unspecified atom stereocenters. The van der Waals surface area contributed by atoms with Crippen LogP contribution in [0.15, 0.2) is 59.6 Å². The number of hydrogen-bond acceptors (Lipinski definition) is 3. The van der Waals surface area contributed by atoms with E-state index in [0.717, 1.165) is 6.54 Å². The number of phenols is 1. The number of guanidine groups is 1. The van der Waals surface area contributed by atoms with E-state index in [0.29, 0.717) is 24.6 Å². The SMILES string of the molecule is CCNC(=NCCNC(=O)c1ccc(O)cc1)NC(C)c1ccccc1.I. The summed E-state index contributed by atoms with van der Waals surface area (Å²) in [4.78, 5) is 16.5. The fraction of sp³-hybridized carbons (Fsp3) is 0.300. The summed E-state index contributed by atoms with van der Waals surface area (Å²) in [6.45, 7) is 5.73. The molecular weight excluding hydrogens is 455 g/mol. The molecule has 0 fully saturated rings. The first kappa shape index (κ1) is 22.8. The standard InChI is InChI=1S/C20H26N4O2.HI/c1-3-21-20(24-15(2)16-7-5-4-6-8-16)23-14-13-22-19(26)17-9-11-18(25)12-10-17;/h4-12,15,25H,3,13-14H2,1-2H3,(H,22,26)(H2,21,23,24);1H. The van der Waals surface area contributed by atoms with E-state index in [-0.39, 0.29) is 41.7 Å². The number of amides is 1. The first-order valence-electron chi connectivity index (χ1n) is 8.77. The minimum absolute atomic E-state index is 0. The molecule has 0 aliphatic heterocycles. The summed E-state index contributed by atoms with van der Waals surface area (Å²) in [6.07, 6.45) is 0. The molecule has 2 rings (SSSR count). The van der Waals surface area contributed by atoms with E-state index in [1.54, 1.807) is 12.1 Å². The van der Waals surface area contributed by atoms with Gasteiger partial charge in [0.2, 0.25) is 0 Å². The lowest BCUT2D eigenvalue weighted by Crippen LogP contribution is -2.39. The summed E-state index contributed by atoms with van der Waals surface area (Å²) < 4.78 is 0. The summed E-state index contributed by atoms with van der Waals surface area (Å²) >= 11 is 0. The number of hydrogen-bond donors (Lipinski definition) is 4. The summed E-state index contributed by atoms with van der Waals surface area (Å²) in [5, 5.41) is 18.6. The quantitative estimate of drug-likeness (QED) is 0.212. The lowest BCUT2D eigenvalue weighted by atomic mass is 10.1. The molecule has 4 N–H and O–H groups in total. The number of halogens is 1. The minimum Gasteiger partial charge on any atom is -0.508 e. The lowest BCUT2D eigenvalue weighted by molar-refractivity contribution is 0.0955. The minimum atomic E-state index is -0.184. The molecule has 146 valence electrons. The normalized spacial score (nSPS) is 11.9. The van der Waals surface area contributed by atoms with Crippen LogP contribution in [-0.2, 0) is 0 Å². The fourth-order valence-corrected chi connectivity index (χ4v) is 2.40. The third-order valence-corrected chi connectivity index (χ3v) is 3.79. The van der Waals surface area contributed by atoms with Crippen LogP contribution in [0.1, 0.15) is 35.8 Å². The van der Waals surface area contributed by atoms with E-state index in [4.69, 9.17) is 0 Å². The van der Waals surface area contributed by atoms with Crippen LogP contribution < -0.4 is 16.0 Å². The van der Waals surface area contributed by atoms with Crippen molar-refractivity contribution in [1.82, 2.24) is 16.0 Å². The summed E-state index contributed by atoms with van der Waals surface area (Å²) in [5.74, 6) is 0.665. The summed E-state index contributed by atoms with van der Waals surface area (Å²) in [7, 11) is 0. The van der Waals surface area contributed by atoms with Crippen molar-refractivity contribution in [3.05, 3.63) is 65.7 Å². The number of rotatable bonds is 7. The van der Waals surface area contributed by atoms with Crippen LogP contribution in [0.25, 0.3) is 0 Å². The van der Waals surface area contributed by atoms with Gasteiger partial charge in [-0.2, -0.15) is 0 Å². The van der Waals surface area contributed by atoms with Gasteiger partial charge in [0.25, 0.3) is 5.91 Å². The average molecular weight is 482 g/mol. The zero-order chi connectivity index (χ0) is 18.8. The predicted octanol–water partition coefficient (Wildman–Crippen LogP) is 3.06. The number of carbonyl (C=O) groups is 1. The zero-order valence-electron chi connectivity index (χ0n) is 15.6. The molecule has 1 amide bonds. The number of nitrogens with zero attached hydrogens (tertiary/aromatic N) is 1. The molecule has 27 heavy (non-hydrogen) atoms. The highest BCUT2D eigenvalue weighted by molar-refractivity contribution is 14.0. The second kappa shape index (κ2) is 12.2. The number of aromatic hydroxyl groups is 1. The maximum Gasteiger partial charge on any atom is 0.251 e. The second-order valence-corrected chi connectivity index (χ2v) is 5.84. The van der Waals surface area contributed by atoms with Gasteiger partial charge in [0, 0.05) is 18.7 Å². The van der Waals surface area contributed by atoms with Crippen LogP contribution in [-0.4, -0.2) is 36.6 Å². The van der Waals surface area contributed by atoms with Crippen molar-refractivity contribution in [1.29, 1.82) is 0 Å².